The highest BCUT2D eigenvalue weighted by Crippen LogP contribution is 2.33. The molecule has 1 heterocycles. The van der Waals surface area contributed by atoms with Crippen LogP contribution in [0.15, 0.2) is 60.7 Å². The number of alkyl halides is 2. The van der Waals surface area contributed by atoms with Gasteiger partial charge in [-0.05, 0) is 29.7 Å². The maximum Gasteiger partial charge on any atom is 0.387 e. The van der Waals surface area contributed by atoms with Gasteiger partial charge in [0.2, 0.25) is 5.91 Å². The Hall–Kier alpha value is -3.15. The van der Waals surface area contributed by atoms with Crippen LogP contribution in [0.4, 0.5) is 8.78 Å². The van der Waals surface area contributed by atoms with Crippen LogP contribution in [0, 0.1) is 0 Å². The predicted octanol–water partition coefficient (Wildman–Crippen LogP) is 4.63. The Labute approximate surface area is 162 Å². The fourth-order valence-corrected chi connectivity index (χ4v) is 3.09. The lowest BCUT2D eigenvalue weighted by molar-refractivity contribution is -0.125. The fourth-order valence-electron chi connectivity index (χ4n) is 3.09. The molecule has 0 atom stereocenters. The van der Waals surface area contributed by atoms with E-state index in [1.54, 1.807) is 17.0 Å². The zero-order valence-electron chi connectivity index (χ0n) is 15.5. The highest BCUT2D eigenvalue weighted by atomic mass is 19.3. The number of halogens is 2. The number of carbonyl (C=O) groups excluding carboxylic acids is 1. The maximum atomic E-state index is 12.7. The summed E-state index contributed by atoms with van der Waals surface area (Å²) in [6, 6.07) is 14.8. The van der Waals surface area contributed by atoms with E-state index in [0.29, 0.717) is 18.7 Å². The number of hydrogen-bond acceptors (Lipinski definition) is 3. The number of amides is 1. The van der Waals surface area contributed by atoms with E-state index in [0.717, 1.165) is 12.0 Å². The van der Waals surface area contributed by atoms with E-state index in [2.05, 4.69) is 16.9 Å². The average molecular weight is 385 g/mol. The second-order valence-corrected chi connectivity index (χ2v) is 6.22. The van der Waals surface area contributed by atoms with Gasteiger partial charge < -0.3 is 14.4 Å². The Morgan fingerprint density at radius 2 is 1.93 bits per heavy atom. The summed E-state index contributed by atoms with van der Waals surface area (Å²) < 4.78 is 35.0. The largest absolute Gasteiger partial charge is 0.493 e. The van der Waals surface area contributed by atoms with Gasteiger partial charge in [0.25, 0.3) is 0 Å². The number of rotatable bonds is 6. The number of ether oxygens (including phenoxy) is 2. The first-order valence-electron chi connectivity index (χ1n) is 8.91. The molecule has 1 amide bonds. The van der Waals surface area contributed by atoms with E-state index in [9.17, 15) is 13.6 Å². The molecule has 1 aliphatic heterocycles. The van der Waals surface area contributed by atoms with Crippen LogP contribution in [0.3, 0.4) is 0 Å². The Bertz CT molecular complexity index is 879. The molecule has 0 unspecified atom stereocenters. The van der Waals surface area contributed by atoms with Crippen molar-refractivity contribution in [1.29, 1.82) is 0 Å². The first kappa shape index (κ1) is 19.6. The van der Waals surface area contributed by atoms with Crippen molar-refractivity contribution in [3.05, 3.63) is 71.8 Å². The molecule has 0 aliphatic carbocycles. The first-order chi connectivity index (χ1) is 13.6. The molecule has 0 aromatic heterocycles. The standard InChI is InChI=1S/C22H21F2NO3/c1-27-19-9-5-8-18(21(19)28-22(23)24)10-11-20(26)25-14-12-17(13-15-25)16-6-3-2-4-7-16/h2-12,22H,13-15H2,1H3/b11-10+. The van der Waals surface area contributed by atoms with Crippen LogP contribution in [0.5, 0.6) is 11.5 Å². The summed E-state index contributed by atoms with van der Waals surface area (Å²) in [4.78, 5) is 14.2. The molecule has 4 nitrogen and oxygen atoms in total. The molecule has 0 saturated carbocycles. The number of para-hydroxylation sites is 1. The smallest absolute Gasteiger partial charge is 0.387 e. The molecule has 28 heavy (non-hydrogen) atoms. The van der Waals surface area contributed by atoms with Gasteiger partial charge in [-0.3, -0.25) is 4.79 Å². The van der Waals surface area contributed by atoms with Gasteiger partial charge in [-0.2, -0.15) is 8.78 Å². The minimum atomic E-state index is -2.98. The van der Waals surface area contributed by atoms with Crippen LogP contribution in [0.2, 0.25) is 0 Å². The zero-order chi connectivity index (χ0) is 19.9. The minimum absolute atomic E-state index is 0.0889. The average Bonchev–Trinajstić information content (AvgIpc) is 2.73. The van der Waals surface area contributed by atoms with E-state index in [1.165, 1.54) is 30.9 Å². The van der Waals surface area contributed by atoms with Crippen molar-refractivity contribution in [2.24, 2.45) is 0 Å². The highest BCUT2D eigenvalue weighted by molar-refractivity contribution is 5.93. The van der Waals surface area contributed by atoms with E-state index in [4.69, 9.17) is 4.74 Å². The molecule has 0 radical (unpaired) electrons. The van der Waals surface area contributed by atoms with Gasteiger partial charge in [-0.15, -0.1) is 0 Å². The summed E-state index contributed by atoms with van der Waals surface area (Å²) >= 11 is 0. The lowest BCUT2D eigenvalue weighted by Gasteiger charge is -2.25. The number of carbonyl (C=O) groups is 1. The lowest BCUT2D eigenvalue weighted by Crippen LogP contribution is -2.33. The molecular weight excluding hydrogens is 364 g/mol. The monoisotopic (exact) mass is 385 g/mol. The lowest BCUT2D eigenvalue weighted by atomic mass is 9.99. The molecule has 0 spiro atoms. The van der Waals surface area contributed by atoms with Crippen LogP contribution >= 0.6 is 0 Å². The van der Waals surface area contributed by atoms with E-state index in [1.807, 2.05) is 24.3 Å². The SMILES string of the molecule is COc1cccc(/C=C/C(=O)N2CC=C(c3ccccc3)CC2)c1OC(F)F. The van der Waals surface area contributed by atoms with Crippen molar-refractivity contribution >= 4 is 17.6 Å². The zero-order valence-corrected chi connectivity index (χ0v) is 15.5. The Kier molecular flexibility index (Phi) is 6.42. The Balaban J connectivity index is 1.70. The quantitative estimate of drug-likeness (QED) is 0.681. The molecule has 146 valence electrons. The summed E-state index contributed by atoms with van der Waals surface area (Å²) in [6.07, 6.45) is 5.65. The van der Waals surface area contributed by atoms with Crippen LogP contribution < -0.4 is 9.47 Å². The van der Waals surface area contributed by atoms with Crippen molar-refractivity contribution in [2.75, 3.05) is 20.2 Å². The second-order valence-electron chi connectivity index (χ2n) is 6.22. The van der Waals surface area contributed by atoms with Gasteiger partial charge in [0.05, 0.1) is 7.11 Å². The molecule has 0 saturated heterocycles. The molecule has 0 bridgehead atoms. The van der Waals surface area contributed by atoms with Gasteiger partial charge in [-0.25, -0.2) is 0 Å². The van der Waals surface area contributed by atoms with E-state index in [-0.39, 0.29) is 17.4 Å². The summed E-state index contributed by atoms with van der Waals surface area (Å²) in [7, 11) is 1.37. The molecule has 1 aliphatic rings. The summed E-state index contributed by atoms with van der Waals surface area (Å²) in [5, 5.41) is 0. The van der Waals surface area contributed by atoms with E-state index < -0.39 is 6.61 Å². The topological polar surface area (TPSA) is 38.8 Å². The molecule has 0 fully saturated rings. The van der Waals surface area contributed by atoms with Gasteiger partial charge in [0, 0.05) is 24.7 Å². The number of nitrogens with zero attached hydrogens (tertiary/aromatic N) is 1. The molecular formula is C22H21F2NO3. The summed E-state index contributed by atoms with van der Waals surface area (Å²) in [6.45, 7) is -1.88. The van der Waals surface area contributed by atoms with Crippen molar-refractivity contribution in [3.63, 3.8) is 0 Å². The normalized spacial score (nSPS) is 14.3. The fraction of sp³-hybridized carbons (Fsp3) is 0.227. The van der Waals surface area contributed by atoms with Crippen molar-refractivity contribution in [1.82, 2.24) is 4.90 Å². The van der Waals surface area contributed by atoms with Gasteiger partial charge in [-0.1, -0.05) is 48.5 Å². The number of methoxy groups -OCH3 is 1. The van der Waals surface area contributed by atoms with Crippen molar-refractivity contribution in [3.8, 4) is 11.5 Å². The molecule has 3 rings (SSSR count). The Morgan fingerprint density at radius 3 is 2.57 bits per heavy atom. The maximum absolute atomic E-state index is 12.7. The van der Waals surface area contributed by atoms with Gasteiger partial charge in [0.15, 0.2) is 11.5 Å². The van der Waals surface area contributed by atoms with Crippen LogP contribution in [-0.2, 0) is 4.79 Å². The van der Waals surface area contributed by atoms with Gasteiger partial charge in [0.1, 0.15) is 0 Å². The van der Waals surface area contributed by atoms with E-state index >= 15 is 0 Å². The number of hydrogen-bond donors (Lipinski definition) is 0. The first-order valence-corrected chi connectivity index (χ1v) is 8.91. The molecule has 2 aromatic carbocycles. The minimum Gasteiger partial charge on any atom is -0.493 e. The third-order valence-electron chi connectivity index (χ3n) is 4.51. The Morgan fingerprint density at radius 1 is 1.14 bits per heavy atom. The summed E-state index contributed by atoms with van der Waals surface area (Å²) in [5.41, 5.74) is 2.73. The highest BCUT2D eigenvalue weighted by Gasteiger charge is 2.17. The number of benzene rings is 2. The van der Waals surface area contributed by atoms with Crippen molar-refractivity contribution < 1.29 is 23.0 Å². The second kappa shape index (κ2) is 9.17. The predicted molar refractivity (Wildman–Crippen MR) is 104 cm³/mol. The van der Waals surface area contributed by atoms with Crippen LogP contribution in [-0.4, -0.2) is 37.6 Å². The molecule has 2 aromatic rings. The van der Waals surface area contributed by atoms with Gasteiger partial charge >= 0.3 is 6.61 Å². The van der Waals surface area contributed by atoms with Crippen LogP contribution in [0.25, 0.3) is 11.6 Å². The third-order valence-corrected chi connectivity index (χ3v) is 4.51. The molecule has 0 N–H and O–H groups in total. The molecule has 6 heteroatoms. The van der Waals surface area contributed by atoms with Crippen molar-refractivity contribution in [2.45, 2.75) is 13.0 Å². The third kappa shape index (κ3) is 4.76. The van der Waals surface area contributed by atoms with Crippen LogP contribution in [0.1, 0.15) is 17.5 Å². The summed E-state index contributed by atoms with van der Waals surface area (Å²) in [5.74, 6) is -0.0913.